The molecule has 2 saturated heterocycles. The van der Waals surface area contributed by atoms with Crippen LogP contribution in [-0.2, 0) is 19.7 Å². The zero-order valence-electron chi connectivity index (χ0n) is 17.6. The molecular weight excluding hydrogens is 416 g/mol. The average Bonchev–Trinajstić information content (AvgIpc) is 3.46. The van der Waals surface area contributed by atoms with E-state index < -0.39 is 34.3 Å². The minimum atomic E-state index is -1.81. The van der Waals surface area contributed by atoms with Gasteiger partial charge in [0.25, 0.3) is 0 Å². The summed E-state index contributed by atoms with van der Waals surface area (Å²) in [6.07, 6.45) is 2.51. The van der Waals surface area contributed by atoms with E-state index >= 15 is 0 Å². The second-order valence-electron chi connectivity index (χ2n) is 10.5. The summed E-state index contributed by atoms with van der Waals surface area (Å²) in [7, 11) is 1.29. The van der Waals surface area contributed by atoms with Crippen LogP contribution in [0, 0.1) is 11.3 Å². The van der Waals surface area contributed by atoms with Crippen molar-refractivity contribution in [3.63, 3.8) is 0 Å². The number of carbonyl (C=O) groups excluding carboxylic acids is 3. The van der Waals surface area contributed by atoms with Gasteiger partial charge in [-0.05, 0) is 49.1 Å². The SMILES string of the molecule is COC(=O)N1c2c(ccc3c2OCO3)C23C4C(=O)N5CCCC6(CCC12C(O)(C6)C4=O)C53. The van der Waals surface area contributed by atoms with E-state index in [-0.39, 0.29) is 30.6 Å². The Labute approximate surface area is 183 Å². The first-order valence-electron chi connectivity index (χ1n) is 11.3. The van der Waals surface area contributed by atoms with E-state index in [0.29, 0.717) is 30.2 Å². The summed E-state index contributed by atoms with van der Waals surface area (Å²) in [4.78, 5) is 44.5. The molecule has 2 amide bonds. The van der Waals surface area contributed by atoms with Crippen molar-refractivity contribution in [1.82, 2.24) is 4.90 Å². The van der Waals surface area contributed by atoms with Crippen molar-refractivity contribution >= 4 is 23.5 Å². The number of ketones is 1. The molecule has 8 aliphatic rings. The Balaban J connectivity index is 1.57. The molecule has 0 radical (unpaired) electrons. The fourth-order valence-electron chi connectivity index (χ4n) is 9.42. The van der Waals surface area contributed by atoms with E-state index in [1.165, 1.54) is 12.0 Å². The summed E-state index contributed by atoms with van der Waals surface area (Å²) in [5, 5.41) is 12.3. The molecule has 9 rings (SSSR count). The van der Waals surface area contributed by atoms with Crippen molar-refractivity contribution in [3.8, 4) is 11.5 Å². The van der Waals surface area contributed by atoms with Gasteiger partial charge in [0.15, 0.2) is 17.3 Å². The molecule has 6 unspecified atom stereocenters. The summed E-state index contributed by atoms with van der Waals surface area (Å²) < 4.78 is 16.6. The fourth-order valence-corrected chi connectivity index (χ4v) is 9.42. The van der Waals surface area contributed by atoms with Crippen LogP contribution in [0.4, 0.5) is 10.5 Å². The second kappa shape index (κ2) is 4.76. The predicted molar refractivity (Wildman–Crippen MR) is 106 cm³/mol. The van der Waals surface area contributed by atoms with Crippen LogP contribution in [-0.4, -0.2) is 65.4 Å². The molecule has 6 atom stereocenters. The summed E-state index contributed by atoms with van der Waals surface area (Å²) in [6.45, 7) is 0.620. The maximum Gasteiger partial charge on any atom is 0.414 e. The first-order chi connectivity index (χ1) is 15.4. The fraction of sp³-hybridized carbons (Fsp3) is 0.609. The minimum absolute atomic E-state index is 0.0197. The number of piperidine rings is 1. The summed E-state index contributed by atoms with van der Waals surface area (Å²) in [6, 6.07) is 3.43. The van der Waals surface area contributed by atoms with Gasteiger partial charge in [0.1, 0.15) is 17.1 Å². The highest BCUT2D eigenvalue weighted by molar-refractivity contribution is 6.18. The Morgan fingerprint density at radius 1 is 1.22 bits per heavy atom. The van der Waals surface area contributed by atoms with Crippen LogP contribution < -0.4 is 14.4 Å². The highest BCUT2D eigenvalue weighted by atomic mass is 16.7. The highest BCUT2D eigenvalue weighted by Gasteiger charge is 2.95. The van der Waals surface area contributed by atoms with Gasteiger partial charge in [0, 0.05) is 6.54 Å². The lowest BCUT2D eigenvalue weighted by atomic mass is 9.40. The molecule has 1 aromatic rings. The second-order valence-corrected chi connectivity index (χ2v) is 10.5. The van der Waals surface area contributed by atoms with Gasteiger partial charge in [-0.3, -0.25) is 14.5 Å². The Morgan fingerprint density at radius 3 is 2.88 bits per heavy atom. The van der Waals surface area contributed by atoms with E-state index in [4.69, 9.17) is 14.2 Å². The molecule has 32 heavy (non-hydrogen) atoms. The Morgan fingerprint density at radius 2 is 2.06 bits per heavy atom. The van der Waals surface area contributed by atoms with Crippen LogP contribution in [0.25, 0.3) is 0 Å². The van der Waals surface area contributed by atoms with E-state index in [9.17, 15) is 19.5 Å². The number of anilines is 1. The number of hydrogen-bond donors (Lipinski definition) is 1. The normalized spacial score (nSPS) is 45.4. The van der Waals surface area contributed by atoms with Crippen molar-refractivity contribution in [2.45, 2.75) is 54.7 Å². The third-order valence-electron chi connectivity index (χ3n) is 9.93. The quantitative estimate of drug-likeness (QED) is 0.605. The maximum absolute atomic E-state index is 14.0. The lowest BCUT2D eigenvalue weighted by molar-refractivity contribution is -0.196. The van der Waals surface area contributed by atoms with Crippen molar-refractivity contribution < 1.29 is 33.7 Å². The number of nitrogens with zero attached hydrogens (tertiary/aromatic N) is 2. The highest BCUT2D eigenvalue weighted by Crippen LogP contribution is 2.82. The van der Waals surface area contributed by atoms with Crippen molar-refractivity contribution in [2.24, 2.45) is 11.3 Å². The number of rotatable bonds is 0. The van der Waals surface area contributed by atoms with Crippen molar-refractivity contribution in [2.75, 3.05) is 25.3 Å². The molecule has 166 valence electrons. The van der Waals surface area contributed by atoms with Gasteiger partial charge in [0.05, 0.1) is 24.3 Å². The zero-order valence-corrected chi connectivity index (χ0v) is 17.6. The van der Waals surface area contributed by atoms with Gasteiger partial charge < -0.3 is 24.2 Å². The van der Waals surface area contributed by atoms with Gasteiger partial charge >= 0.3 is 6.09 Å². The number of aliphatic hydroxyl groups is 1. The van der Waals surface area contributed by atoms with Crippen LogP contribution in [0.5, 0.6) is 11.5 Å². The van der Waals surface area contributed by atoms with Gasteiger partial charge in [-0.25, -0.2) is 4.79 Å². The molecule has 4 saturated carbocycles. The van der Waals surface area contributed by atoms with Crippen LogP contribution in [0.2, 0.25) is 0 Å². The van der Waals surface area contributed by atoms with E-state index in [2.05, 4.69) is 0 Å². The molecule has 1 aromatic carbocycles. The Bertz CT molecular complexity index is 1200. The third-order valence-corrected chi connectivity index (χ3v) is 9.93. The topological polar surface area (TPSA) is 106 Å². The van der Waals surface area contributed by atoms with Crippen molar-refractivity contribution in [3.05, 3.63) is 17.7 Å². The Hall–Kier alpha value is -2.81. The van der Waals surface area contributed by atoms with Gasteiger partial charge in [-0.1, -0.05) is 6.07 Å². The number of fused-ring (bicyclic) bond motifs is 4. The van der Waals surface area contributed by atoms with Crippen LogP contribution in [0.3, 0.4) is 0 Å². The molecule has 0 aromatic heterocycles. The van der Waals surface area contributed by atoms with E-state index in [1.807, 2.05) is 11.0 Å². The average molecular weight is 438 g/mol. The molecule has 4 aliphatic carbocycles. The third kappa shape index (κ3) is 1.29. The molecule has 9 heteroatoms. The lowest BCUT2D eigenvalue weighted by Crippen LogP contribution is -2.82. The number of methoxy groups -OCH3 is 1. The molecule has 9 nitrogen and oxygen atoms in total. The maximum atomic E-state index is 14.0. The number of amides is 2. The predicted octanol–water partition coefficient (Wildman–Crippen LogP) is 1.10. The molecule has 3 spiro atoms. The summed E-state index contributed by atoms with van der Waals surface area (Å²) in [5.41, 5.74) is -3.24. The molecule has 4 aliphatic heterocycles. The van der Waals surface area contributed by atoms with Crippen LogP contribution in [0.1, 0.15) is 37.7 Å². The van der Waals surface area contributed by atoms with Crippen LogP contribution >= 0.6 is 0 Å². The first kappa shape index (κ1) is 17.7. The summed E-state index contributed by atoms with van der Waals surface area (Å²) in [5.74, 6) is -0.727. The number of hydrogen-bond acceptors (Lipinski definition) is 7. The van der Waals surface area contributed by atoms with E-state index in [1.54, 1.807) is 6.07 Å². The molecule has 4 bridgehead atoms. The van der Waals surface area contributed by atoms with Crippen molar-refractivity contribution in [1.29, 1.82) is 0 Å². The largest absolute Gasteiger partial charge is 0.454 e. The summed E-state index contributed by atoms with van der Waals surface area (Å²) >= 11 is 0. The van der Waals surface area contributed by atoms with E-state index in [0.717, 1.165) is 24.8 Å². The Kier molecular flexibility index (Phi) is 2.63. The molecular formula is C23H22N2O7. The molecule has 1 N–H and O–H groups in total. The minimum Gasteiger partial charge on any atom is -0.454 e. The zero-order chi connectivity index (χ0) is 21.8. The number of carbonyl (C=O) groups is 3. The van der Waals surface area contributed by atoms with Gasteiger partial charge in [0.2, 0.25) is 12.7 Å². The number of benzene rings is 1. The lowest BCUT2D eigenvalue weighted by Gasteiger charge is -2.69. The van der Waals surface area contributed by atoms with Gasteiger partial charge in [-0.15, -0.1) is 0 Å². The number of ether oxygens (including phenoxy) is 3. The van der Waals surface area contributed by atoms with Crippen LogP contribution in [0.15, 0.2) is 12.1 Å². The number of Topliss-reactive ketones (excluding diaryl/α,β-unsaturated/α-hetero) is 1. The monoisotopic (exact) mass is 438 g/mol. The van der Waals surface area contributed by atoms with Gasteiger partial charge in [-0.2, -0.15) is 0 Å². The smallest absolute Gasteiger partial charge is 0.414 e. The standard InChI is InChI=1S/C23H22N2O7/c1-30-19(28)25-14-11(3-4-12-15(14)32-10-31-12)23-13-16(26)21(29)9-20(6-7-22(21,23)25)5-2-8-24(17(13)27)18(20)23/h3-4,13,18,29H,2,5-10H2,1H3. The first-order valence-corrected chi connectivity index (χ1v) is 11.3. The molecule has 6 fully saturated rings. The molecule has 4 heterocycles.